The Morgan fingerprint density at radius 2 is 1.86 bits per heavy atom. The van der Waals surface area contributed by atoms with E-state index < -0.39 is 25.3 Å². The van der Waals surface area contributed by atoms with Crippen molar-refractivity contribution >= 4 is 57.4 Å². The van der Waals surface area contributed by atoms with Crippen LogP contribution in [0.3, 0.4) is 0 Å². The second kappa shape index (κ2) is 6.92. The largest absolute Gasteiger partial charge is 0.491 e. The van der Waals surface area contributed by atoms with Gasteiger partial charge < -0.3 is 14.5 Å². The van der Waals surface area contributed by atoms with Crippen LogP contribution in [0, 0.1) is 0 Å². The first-order valence-corrected chi connectivity index (χ1v) is 9.57. The summed E-state index contributed by atoms with van der Waals surface area (Å²) in [6.45, 7) is 0.167. The van der Waals surface area contributed by atoms with Gasteiger partial charge in [-0.15, -0.1) is 0 Å². The van der Waals surface area contributed by atoms with Crippen molar-refractivity contribution in [2.45, 2.75) is 24.8 Å². The van der Waals surface area contributed by atoms with Gasteiger partial charge in [0.25, 0.3) is 5.60 Å². The predicted octanol–water partition coefficient (Wildman–Crippen LogP) is 4.56. The van der Waals surface area contributed by atoms with Crippen LogP contribution in [0.4, 0.5) is 13.2 Å². The molecule has 2 aliphatic heterocycles. The highest BCUT2D eigenvalue weighted by Gasteiger charge is 2.62. The molecule has 0 radical (unpaired) electrons. The Morgan fingerprint density at radius 3 is 2.50 bits per heavy atom. The minimum Gasteiger partial charge on any atom is -0.423 e. The van der Waals surface area contributed by atoms with Gasteiger partial charge in [-0.05, 0) is 50.7 Å². The van der Waals surface area contributed by atoms with E-state index >= 15 is 0 Å². The molecule has 2 heterocycles. The van der Waals surface area contributed by atoms with Crippen LogP contribution in [0.1, 0.15) is 23.1 Å². The third-order valence-corrected chi connectivity index (χ3v) is 6.68. The zero-order valence-corrected chi connectivity index (χ0v) is 17.0. The van der Waals surface area contributed by atoms with Gasteiger partial charge >= 0.3 is 13.3 Å². The number of halogens is 6. The fraction of sp³-hybridized carbons (Fsp3) is 0.235. The lowest BCUT2D eigenvalue weighted by molar-refractivity contribution is -0.275. The van der Waals surface area contributed by atoms with Gasteiger partial charge in [0.1, 0.15) is 0 Å². The van der Waals surface area contributed by atoms with Crippen molar-refractivity contribution in [1.82, 2.24) is 0 Å². The first kappa shape index (κ1) is 20.0. The van der Waals surface area contributed by atoms with Gasteiger partial charge in [-0.1, -0.05) is 40.5 Å². The van der Waals surface area contributed by atoms with Crippen LogP contribution < -0.4 is 5.46 Å². The molecule has 2 aromatic rings. The average Bonchev–Trinajstić information content (AvgIpc) is 3.24. The van der Waals surface area contributed by atoms with Gasteiger partial charge in [-0.2, -0.15) is 13.2 Å². The molecule has 1 unspecified atom stereocenters. The van der Waals surface area contributed by atoms with Crippen LogP contribution in [0.2, 0.25) is 10.0 Å². The van der Waals surface area contributed by atoms with Crippen molar-refractivity contribution < 1.29 is 27.7 Å². The highest BCUT2D eigenvalue weighted by molar-refractivity contribution is 9.10. The van der Waals surface area contributed by atoms with E-state index in [1.165, 1.54) is 0 Å². The van der Waals surface area contributed by atoms with E-state index in [2.05, 4.69) is 21.1 Å². The molecule has 0 saturated carbocycles. The molecule has 1 N–H and O–H groups in total. The fourth-order valence-electron chi connectivity index (χ4n) is 3.26. The number of hydrogen-bond donors (Lipinski definition) is 1. The molecule has 0 amide bonds. The number of fused-ring (bicyclic) bond motifs is 1. The molecule has 0 spiro atoms. The zero-order chi connectivity index (χ0) is 20.3. The predicted molar refractivity (Wildman–Crippen MR) is 103 cm³/mol. The molecule has 146 valence electrons. The van der Waals surface area contributed by atoms with Gasteiger partial charge in [-0.25, -0.2) is 0 Å². The average molecular weight is 495 g/mol. The molecule has 0 bridgehead atoms. The van der Waals surface area contributed by atoms with Crippen molar-refractivity contribution in [3.05, 3.63) is 61.5 Å². The topological polar surface area (TPSA) is 51.0 Å². The summed E-state index contributed by atoms with van der Waals surface area (Å²) in [5.41, 5.74) is -1.10. The second-order valence-electron chi connectivity index (χ2n) is 6.46. The van der Waals surface area contributed by atoms with Crippen LogP contribution in [0.5, 0.6) is 0 Å². The Hall–Kier alpha value is -1.26. The molecule has 2 aromatic carbocycles. The highest BCUT2D eigenvalue weighted by Crippen LogP contribution is 2.50. The van der Waals surface area contributed by atoms with E-state index in [0.29, 0.717) is 21.1 Å². The van der Waals surface area contributed by atoms with E-state index in [9.17, 15) is 18.2 Å². The summed E-state index contributed by atoms with van der Waals surface area (Å²) in [4.78, 5) is 5.00. The smallest absolute Gasteiger partial charge is 0.423 e. The maximum absolute atomic E-state index is 14.1. The first-order valence-electron chi connectivity index (χ1n) is 8.02. The molecule has 0 fully saturated rings. The molecule has 4 nitrogen and oxygen atoms in total. The molecule has 4 rings (SSSR count). The Morgan fingerprint density at radius 1 is 1.18 bits per heavy atom. The SMILES string of the molecule is OB1OCc2cc(C3=NOC(c4cc(Cl)c(Br)c(Cl)c4)(C(F)(F)F)C3)ccc21. The number of nitrogens with zero attached hydrogens (tertiary/aromatic N) is 1. The second-order valence-corrected chi connectivity index (χ2v) is 8.07. The Labute approximate surface area is 176 Å². The molecule has 28 heavy (non-hydrogen) atoms. The van der Waals surface area contributed by atoms with Crippen LogP contribution in [-0.2, 0) is 21.7 Å². The Kier molecular flexibility index (Phi) is 4.95. The number of alkyl halides is 3. The van der Waals surface area contributed by atoms with E-state index in [1.807, 2.05) is 0 Å². The van der Waals surface area contributed by atoms with E-state index in [4.69, 9.17) is 32.7 Å². The van der Waals surface area contributed by atoms with Gasteiger partial charge in [0.05, 0.1) is 26.8 Å². The molecule has 11 heteroatoms. The highest BCUT2D eigenvalue weighted by atomic mass is 79.9. The monoisotopic (exact) mass is 493 g/mol. The lowest BCUT2D eigenvalue weighted by Gasteiger charge is -2.30. The van der Waals surface area contributed by atoms with Crippen molar-refractivity contribution in [2.24, 2.45) is 5.16 Å². The van der Waals surface area contributed by atoms with Crippen LogP contribution in [0.25, 0.3) is 0 Å². The van der Waals surface area contributed by atoms with Crippen molar-refractivity contribution in [1.29, 1.82) is 0 Å². The summed E-state index contributed by atoms with van der Waals surface area (Å²) in [5.74, 6) is 0. The summed E-state index contributed by atoms with van der Waals surface area (Å²) in [5, 5.41) is 13.5. The quantitative estimate of drug-likeness (QED) is 0.492. The van der Waals surface area contributed by atoms with E-state index in [-0.39, 0.29) is 27.9 Å². The lowest BCUT2D eigenvalue weighted by atomic mass is 9.78. The van der Waals surface area contributed by atoms with Gasteiger partial charge in [0.2, 0.25) is 0 Å². The molecule has 1 atom stereocenters. The third kappa shape index (κ3) is 3.13. The van der Waals surface area contributed by atoms with Crippen molar-refractivity contribution in [3.8, 4) is 0 Å². The number of oxime groups is 1. The maximum Gasteiger partial charge on any atom is 0.491 e. The summed E-state index contributed by atoms with van der Waals surface area (Å²) in [7, 11) is -1.04. The van der Waals surface area contributed by atoms with Crippen LogP contribution in [0.15, 0.2) is 40.0 Å². The van der Waals surface area contributed by atoms with Crippen molar-refractivity contribution in [3.63, 3.8) is 0 Å². The molecule has 2 aliphatic rings. The van der Waals surface area contributed by atoms with Crippen LogP contribution in [-0.4, -0.2) is 24.0 Å². The Bertz CT molecular complexity index is 981. The number of rotatable bonds is 2. The summed E-state index contributed by atoms with van der Waals surface area (Å²) in [6, 6.07) is 7.15. The zero-order valence-electron chi connectivity index (χ0n) is 13.9. The molecule has 0 aromatic heterocycles. The number of hydrogen-bond acceptors (Lipinski definition) is 4. The van der Waals surface area contributed by atoms with Gasteiger partial charge in [-0.3, -0.25) is 0 Å². The standard InChI is InChI=1S/C17H10BBrCl2F3NO3/c19-15-12(20)4-10(5-13(15)21)16(17(22,23)24)6-14(25-28-16)8-1-2-11-9(3-8)7-27-18(11)26/h1-5,26H,6-7H2. The summed E-state index contributed by atoms with van der Waals surface area (Å²) in [6.07, 6.45) is -5.32. The lowest BCUT2D eigenvalue weighted by Crippen LogP contribution is -2.42. The summed E-state index contributed by atoms with van der Waals surface area (Å²) >= 11 is 15.1. The third-order valence-electron chi connectivity index (χ3n) is 4.78. The normalized spacial score (nSPS) is 21.5. The van der Waals surface area contributed by atoms with Gasteiger partial charge in [0, 0.05) is 12.0 Å². The molecular formula is C17H10BBrCl2F3NO3. The minimum absolute atomic E-state index is 0.0341. The van der Waals surface area contributed by atoms with E-state index in [1.54, 1.807) is 18.2 Å². The molecular weight excluding hydrogens is 485 g/mol. The number of benzene rings is 2. The summed E-state index contributed by atoms with van der Waals surface area (Å²) < 4.78 is 47.6. The molecule has 0 saturated heterocycles. The first-order chi connectivity index (χ1) is 13.1. The Balaban J connectivity index is 1.73. The van der Waals surface area contributed by atoms with Gasteiger partial charge in [0.15, 0.2) is 0 Å². The maximum atomic E-state index is 14.1. The van der Waals surface area contributed by atoms with E-state index in [0.717, 1.165) is 12.1 Å². The fourth-order valence-corrected chi connectivity index (χ4v) is 3.97. The van der Waals surface area contributed by atoms with Crippen molar-refractivity contribution in [2.75, 3.05) is 0 Å². The molecule has 0 aliphatic carbocycles. The van der Waals surface area contributed by atoms with Crippen LogP contribution >= 0.6 is 39.1 Å². The minimum atomic E-state index is -4.77.